The molecule has 0 saturated carbocycles. The minimum Gasteiger partial charge on any atom is -0.317 e. The third-order valence-corrected chi connectivity index (χ3v) is 4.97. The maximum Gasteiger partial charge on any atom is 0.0451 e. The summed E-state index contributed by atoms with van der Waals surface area (Å²) in [4.78, 5) is 2.68. The van der Waals surface area contributed by atoms with Gasteiger partial charge in [-0.2, -0.15) is 0 Å². The van der Waals surface area contributed by atoms with E-state index in [1.165, 1.54) is 31.2 Å². The predicted molar refractivity (Wildman–Crippen MR) is 75.9 cm³/mol. The van der Waals surface area contributed by atoms with Crippen LogP contribution >= 0.6 is 11.6 Å². The molecule has 0 spiro atoms. The van der Waals surface area contributed by atoms with Crippen molar-refractivity contribution in [3.05, 3.63) is 34.9 Å². The van der Waals surface area contributed by atoms with Crippen LogP contribution in [-0.2, 0) is 6.54 Å². The average molecular weight is 265 g/mol. The number of nitrogens with one attached hydrogen (secondary N) is 1. The zero-order chi connectivity index (χ0) is 12.5. The lowest BCUT2D eigenvalue weighted by Gasteiger charge is -2.39. The first-order chi connectivity index (χ1) is 8.78. The van der Waals surface area contributed by atoms with Crippen LogP contribution in [0.25, 0.3) is 0 Å². The maximum atomic E-state index is 6.28. The van der Waals surface area contributed by atoms with Crippen molar-refractivity contribution in [2.45, 2.75) is 50.4 Å². The van der Waals surface area contributed by atoms with Gasteiger partial charge in [0.15, 0.2) is 0 Å². The van der Waals surface area contributed by atoms with Crippen LogP contribution < -0.4 is 5.32 Å². The van der Waals surface area contributed by atoms with Crippen LogP contribution in [0, 0.1) is 0 Å². The molecule has 18 heavy (non-hydrogen) atoms. The van der Waals surface area contributed by atoms with Gasteiger partial charge in [-0.15, -0.1) is 0 Å². The molecule has 3 rings (SSSR count). The van der Waals surface area contributed by atoms with Crippen LogP contribution in [-0.4, -0.2) is 30.1 Å². The zero-order valence-electron chi connectivity index (χ0n) is 10.9. The molecule has 2 aliphatic heterocycles. The second kappa shape index (κ2) is 5.20. The predicted octanol–water partition coefficient (Wildman–Crippen LogP) is 3.05. The molecular weight excluding hydrogens is 244 g/mol. The third kappa shape index (κ3) is 2.29. The highest BCUT2D eigenvalue weighted by Gasteiger charge is 2.40. The van der Waals surface area contributed by atoms with Gasteiger partial charge < -0.3 is 5.32 Å². The van der Waals surface area contributed by atoms with Gasteiger partial charge >= 0.3 is 0 Å². The first-order valence-corrected chi connectivity index (χ1v) is 7.32. The van der Waals surface area contributed by atoms with E-state index in [1.54, 1.807) is 0 Å². The lowest BCUT2D eigenvalue weighted by Crippen LogP contribution is -2.47. The molecule has 0 aliphatic carbocycles. The molecule has 1 aromatic carbocycles. The smallest absolute Gasteiger partial charge is 0.0451 e. The van der Waals surface area contributed by atoms with Crippen LogP contribution in [0.1, 0.15) is 31.2 Å². The van der Waals surface area contributed by atoms with E-state index in [9.17, 15) is 0 Å². The Balaban J connectivity index is 1.73. The van der Waals surface area contributed by atoms with Gasteiger partial charge in [0.05, 0.1) is 0 Å². The van der Waals surface area contributed by atoms with Gasteiger partial charge in [0.25, 0.3) is 0 Å². The number of nitrogens with zero attached hydrogens (tertiary/aromatic N) is 1. The quantitative estimate of drug-likeness (QED) is 0.903. The standard InChI is InChI=1S/C15H21ClN2/c1-17-12-8-13-6-7-14(9-12)18(13)10-11-4-2-3-5-15(11)16/h2-5,12-14,17H,6-10H2,1H3. The molecular formula is C15H21ClN2. The first-order valence-electron chi connectivity index (χ1n) is 6.94. The Labute approximate surface area is 114 Å². The summed E-state index contributed by atoms with van der Waals surface area (Å²) in [6, 6.07) is 10.5. The monoisotopic (exact) mass is 264 g/mol. The molecule has 2 nitrogen and oxygen atoms in total. The fourth-order valence-corrected chi connectivity index (χ4v) is 3.79. The lowest BCUT2D eigenvalue weighted by molar-refractivity contribution is 0.112. The van der Waals surface area contributed by atoms with Crippen LogP contribution in [0.3, 0.4) is 0 Å². The van der Waals surface area contributed by atoms with Crippen molar-refractivity contribution in [1.29, 1.82) is 0 Å². The van der Waals surface area contributed by atoms with Crippen LogP contribution in [0.2, 0.25) is 5.02 Å². The van der Waals surface area contributed by atoms with E-state index in [0.717, 1.165) is 23.7 Å². The van der Waals surface area contributed by atoms with E-state index in [0.29, 0.717) is 6.04 Å². The van der Waals surface area contributed by atoms with Gasteiger partial charge in [-0.05, 0) is 44.4 Å². The Bertz CT molecular complexity index is 407. The summed E-state index contributed by atoms with van der Waals surface area (Å²) < 4.78 is 0. The number of rotatable bonds is 3. The fourth-order valence-electron chi connectivity index (χ4n) is 3.59. The molecule has 2 unspecified atom stereocenters. The van der Waals surface area contributed by atoms with Gasteiger partial charge in [0.1, 0.15) is 0 Å². The number of hydrogen-bond acceptors (Lipinski definition) is 2. The Hall–Kier alpha value is -0.570. The van der Waals surface area contributed by atoms with E-state index in [4.69, 9.17) is 11.6 Å². The van der Waals surface area contributed by atoms with Gasteiger partial charge in [-0.1, -0.05) is 29.8 Å². The van der Waals surface area contributed by atoms with Crippen molar-refractivity contribution < 1.29 is 0 Å². The van der Waals surface area contributed by atoms with Crippen molar-refractivity contribution in [2.75, 3.05) is 7.05 Å². The topological polar surface area (TPSA) is 15.3 Å². The summed E-state index contributed by atoms with van der Waals surface area (Å²) in [5.41, 5.74) is 1.28. The summed E-state index contributed by atoms with van der Waals surface area (Å²) in [6.45, 7) is 1.02. The Morgan fingerprint density at radius 3 is 2.50 bits per heavy atom. The number of hydrogen-bond donors (Lipinski definition) is 1. The second-order valence-corrected chi connectivity index (χ2v) is 6.01. The van der Waals surface area contributed by atoms with Gasteiger partial charge in [0, 0.05) is 29.7 Å². The Morgan fingerprint density at radius 1 is 1.22 bits per heavy atom. The van der Waals surface area contributed by atoms with Crippen molar-refractivity contribution >= 4 is 11.6 Å². The van der Waals surface area contributed by atoms with Crippen molar-refractivity contribution in [3.8, 4) is 0 Å². The van der Waals surface area contributed by atoms with Crippen LogP contribution in [0.5, 0.6) is 0 Å². The van der Waals surface area contributed by atoms with Crippen LogP contribution in [0.15, 0.2) is 24.3 Å². The highest BCUT2D eigenvalue weighted by atomic mass is 35.5. The summed E-state index contributed by atoms with van der Waals surface area (Å²) in [5.74, 6) is 0. The van der Waals surface area contributed by atoms with E-state index < -0.39 is 0 Å². The SMILES string of the molecule is CNC1CC2CCC(C1)N2Cc1ccccc1Cl. The normalized spacial score (nSPS) is 31.8. The molecule has 2 saturated heterocycles. The maximum absolute atomic E-state index is 6.28. The second-order valence-electron chi connectivity index (χ2n) is 5.61. The molecule has 0 radical (unpaired) electrons. The zero-order valence-corrected chi connectivity index (χ0v) is 11.7. The molecule has 2 bridgehead atoms. The third-order valence-electron chi connectivity index (χ3n) is 4.60. The lowest BCUT2D eigenvalue weighted by atomic mass is 9.97. The summed E-state index contributed by atoms with van der Waals surface area (Å²) in [5, 5.41) is 4.36. The Morgan fingerprint density at radius 2 is 1.89 bits per heavy atom. The molecule has 2 heterocycles. The molecule has 2 fully saturated rings. The molecule has 0 aromatic heterocycles. The van der Waals surface area contributed by atoms with E-state index >= 15 is 0 Å². The molecule has 0 amide bonds. The fraction of sp³-hybridized carbons (Fsp3) is 0.600. The highest BCUT2D eigenvalue weighted by molar-refractivity contribution is 6.31. The highest BCUT2D eigenvalue weighted by Crippen LogP contribution is 2.37. The van der Waals surface area contributed by atoms with Crippen molar-refractivity contribution in [2.24, 2.45) is 0 Å². The molecule has 1 N–H and O–H groups in total. The number of halogens is 1. The largest absolute Gasteiger partial charge is 0.317 e. The van der Waals surface area contributed by atoms with E-state index in [-0.39, 0.29) is 0 Å². The van der Waals surface area contributed by atoms with E-state index in [2.05, 4.69) is 29.4 Å². The molecule has 3 heteroatoms. The van der Waals surface area contributed by atoms with Crippen molar-refractivity contribution in [1.82, 2.24) is 10.2 Å². The first kappa shape index (κ1) is 12.5. The van der Waals surface area contributed by atoms with Crippen LogP contribution in [0.4, 0.5) is 0 Å². The summed E-state index contributed by atoms with van der Waals surface area (Å²) >= 11 is 6.28. The summed E-state index contributed by atoms with van der Waals surface area (Å²) in [6.07, 6.45) is 5.29. The average Bonchev–Trinajstić information content (AvgIpc) is 2.63. The summed E-state index contributed by atoms with van der Waals surface area (Å²) in [7, 11) is 2.09. The molecule has 2 aliphatic rings. The van der Waals surface area contributed by atoms with Gasteiger partial charge in [-0.3, -0.25) is 4.90 Å². The molecule has 2 atom stereocenters. The van der Waals surface area contributed by atoms with E-state index in [1.807, 2.05) is 12.1 Å². The van der Waals surface area contributed by atoms with Gasteiger partial charge in [-0.25, -0.2) is 0 Å². The Kier molecular flexibility index (Phi) is 3.60. The van der Waals surface area contributed by atoms with Gasteiger partial charge in [0.2, 0.25) is 0 Å². The number of piperidine rings is 1. The number of fused-ring (bicyclic) bond motifs is 2. The molecule has 98 valence electrons. The minimum atomic E-state index is 0.713. The minimum absolute atomic E-state index is 0.713. The number of benzene rings is 1. The van der Waals surface area contributed by atoms with Crippen molar-refractivity contribution in [3.63, 3.8) is 0 Å². The molecule has 1 aromatic rings.